The Morgan fingerprint density at radius 3 is 2.56 bits per heavy atom. The highest BCUT2D eigenvalue weighted by Gasteiger charge is 2.30. The van der Waals surface area contributed by atoms with Crippen molar-refractivity contribution in [2.24, 2.45) is 5.92 Å². The minimum Gasteiger partial charge on any atom is -0.353 e. The lowest BCUT2D eigenvalue weighted by atomic mass is 9.95. The van der Waals surface area contributed by atoms with Gasteiger partial charge in [0.2, 0.25) is 5.91 Å². The number of piperidine rings is 1. The number of amides is 1. The molecule has 2 aromatic rings. The Morgan fingerprint density at radius 2 is 1.81 bits per heavy atom. The van der Waals surface area contributed by atoms with Gasteiger partial charge in [-0.25, -0.2) is 0 Å². The second-order valence-corrected chi connectivity index (χ2v) is 9.05. The molecular weight excluding hydrogens is 352 g/mol. The number of likely N-dealkylation sites (tertiary alicyclic amines) is 1. The number of carbonyl (C=O) groups is 1. The van der Waals surface area contributed by atoms with Gasteiger partial charge in [-0.1, -0.05) is 55.5 Å². The number of thioether (sulfide) groups is 1. The highest BCUT2D eigenvalue weighted by Crippen LogP contribution is 2.37. The zero-order valence-corrected chi connectivity index (χ0v) is 16.8. The Morgan fingerprint density at radius 1 is 1.11 bits per heavy atom. The molecule has 0 aromatic heterocycles. The second kappa shape index (κ2) is 8.49. The lowest BCUT2D eigenvalue weighted by Gasteiger charge is -2.37. The number of hydrogen-bond donors (Lipinski definition) is 1. The van der Waals surface area contributed by atoms with E-state index in [1.54, 1.807) is 11.8 Å². The molecule has 0 radical (unpaired) electrons. The van der Waals surface area contributed by atoms with Crippen LogP contribution < -0.4 is 5.32 Å². The molecule has 1 N–H and O–H groups in total. The summed E-state index contributed by atoms with van der Waals surface area (Å²) in [6, 6.07) is 19.3. The zero-order chi connectivity index (χ0) is 18.6. The molecule has 2 unspecified atom stereocenters. The predicted octanol–water partition coefficient (Wildman–Crippen LogP) is 4.29. The first kappa shape index (κ1) is 18.6. The van der Waals surface area contributed by atoms with Gasteiger partial charge in [-0.05, 0) is 55.5 Å². The van der Waals surface area contributed by atoms with E-state index in [0.717, 1.165) is 25.4 Å². The summed E-state index contributed by atoms with van der Waals surface area (Å²) in [6.07, 6.45) is 3.32. The fourth-order valence-electron chi connectivity index (χ4n) is 4.11. The van der Waals surface area contributed by atoms with Crippen LogP contribution in [-0.2, 0) is 11.2 Å². The molecule has 1 amide bonds. The van der Waals surface area contributed by atoms with Crippen LogP contribution in [0.25, 0.3) is 0 Å². The molecule has 2 atom stereocenters. The highest BCUT2D eigenvalue weighted by atomic mass is 32.2. The normalized spacial score (nSPS) is 21.6. The topological polar surface area (TPSA) is 32.3 Å². The van der Waals surface area contributed by atoms with E-state index in [0.29, 0.717) is 6.54 Å². The van der Waals surface area contributed by atoms with Crippen LogP contribution in [0.3, 0.4) is 0 Å². The quantitative estimate of drug-likeness (QED) is 0.840. The van der Waals surface area contributed by atoms with Gasteiger partial charge in [0.1, 0.15) is 0 Å². The molecule has 142 valence electrons. The number of nitrogens with zero attached hydrogens (tertiary/aromatic N) is 1. The van der Waals surface area contributed by atoms with Gasteiger partial charge in [0, 0.05) is 11.4 Å². The molecule has 0 saturated carbocycles. The Labute approximate surface area is 166 Å². The van der Waals surface area contributed by atoms with E-state index in [9.17, 15) is 4.79 Å². The summed E-state index contributed by atoms with van der Waals surface area (Å²) in [5.74, 6) is 0.975. The third-order valence-corrected chi connectivity index (χ3v) is 7.17. The van der Waals surface area contributed by atoms with Crippen LogP contribution in [-0.4, -0.2) is 35.7 Å². The fraction of sp³-hybridized carbons (Fsp3) is 0.435. The summed E-state index contributed by atoms with van der Waals surface area (Å²) in [7, 11) is 0. The number of benzene rings is 2. The number of rotatable bonds is 5. The molecule has 4 rings (SSSR count). The Hall–Kier alpha value is -1.78. The molecule has 2 aliphatic rings. The van der Waals surface area contributed by atoms with E-state index >= 15 is 0 Å². The van der Waals surface area contributed by atoms with Crippen molar-refractivity contribution in [1.29, 1.82) is 0 Å². The lowest BCUT2D eigenvalue weighted by Crippen LogP contribution is -2.43. The highest BCUT2D eigenvalue weighted by molar-refractivity contribution is 8.01. The van der Waals surface area contributed by atoms with Gasteiger partial charge >= 0.3 is 0 Å². The van der Waals surface area contributed by atoms with Crippen LogP contribution in [0.1, 0.15) is 36.9 Å². The number of fused-ring (bicyclic) bond motifs is 1. The summed E-state index contributed by atoms with van der Waals surface area (Å²) in [6.45, 7) is 5.25. The van der Waals surface area contributed by atoms with E-state index in [1.165, 1.54) is 28.9 Å². The molecule has 2 aromatic carbocycles. The van der Waals surface area contributed by atoms with Crippen LogP contribution in [0.2, 0.25) is 0 Å². The predicted molar refractivity (Wildman–Crippen MR) is 112 cm³/mol. The largest absolute Gasteiger partial charge is 0.353 e. The first-order valence-electron chi connectivity index (χ1n) is 10.0. The first-order chi connectivity index (χ1) is 13.2. The van der Waals surface area contributed by atoms with Crippen molar-refractivity contribution in [3.05, 3.63) is 65.7 Å². The maximum atomic E-state index is 12.8. The fourth-order valence-corrected chi connectivity index (χ4v) is 5.33. The van der Waals surface area contributed by atoms with Crippen LogP contribution in [0, 0.1) is 5.92 Å². The molecule has 0 bridgehead atoms. The Balaban J connectivity index is 1.41. The molecule has 0 aliphatic carbocycles. The van der Waals surface area contributed by atoms with Crippen LogP contribution >= 0.6 is 11.8 Å². The van der Waals surface area contributed by atoms with Crippen LogP contribution in [0.15, 0.2) is 59.5 Å². The summed E-state index contributed by atoms with van der Waals surface area (Å²) in [4.78, 5) is 16.6. The molecule has 1 fully saturated rings. The molecule has 2 heterocycles. The number of carbonyl (C=O) groups excluding carboxylic acids is 1. The molecular formula is C23H28N2OS. The van der Waals surface area contributed by atoms with E-state index in [-0.39, 0.29) is 17.2 Å². The maximum Gasteiger partial charge on any atom is 0.233 e. The van der Waals surface area contributed by atoms with Crippen molar-refractivity contribution in [3.8, 4) is 0 Å². The van der Waals surface area contributed by atoms with Crippen molar-refractivity contribution >= 4 is 17.7 Å². The molecule has 3 nitrogen and oxygen atoms in total. The van der Waals surface area contributed by atoms with Crippen molar-refractivity contribution < 1.29 is 4.79 Å². The minimum atomic E-state index is 0.000186. The SMILES string of the molecule is CC1CCN(C(CNC(=O)C2Cc3ccccc3S2)c2ccccc2)CC1. The standard InChI is InChI=1S/C23H28N2OS/c1-17-11-13-25(14-12-17)20(18-7-3-2-4-8-18)16-24-23(26)22-15-19-9-5-6-10-21(19)27-22/h2-10,17,20,22H,11-16H2,1H3,(H,24,26). The second-order valence-electron chi connectivity index (χ2n) is 7.81. The van der Waals surface area contributed by atoms with Crippen molar-refractivity contribution in [1.82, 2.24) is 10.2 Å². The Bertz CT molecular complexity index is 746. The van der Waals surface area contributed by atoms with Gasteiger partial charge in [-0.15, -0.1) is 11.8 Å². The number of nitrogens with one attached hydrogen (secondary N) is 1. The monoisotopic (exact) mass is 380 g/mol. The zero-order valence-electron chi connectivity index (χ0n) is 15.9. The maximum absolute atomic E-state index is 12.8. The van der Waals surface area contributed by atoms with Gasteiger partial charge < -0.3 is 5.32 Å². The van der Waals surface area contributed by atoms with E-state index in [4.69, 9.17) is 0 Å². The third kappa shape index (κ3) is 4.39. The summed E-state index contributed by atoms with van der Waals surface area (Å²) in [5.41, 5.74) is 2.60. The minimum absolute atomic E-state index is 0.000186. The summed E-state index contributed by atoms with van der Waals surface area (Å²) >= 11 is 1.70. The van der Waals surface area contributed by atoms with E-state index in [2.05, 4.69) is 71.7 Å². The van der Waals surface area contributed by atoms with Gasteiger partial charge in [0.05, 0.1) is 11.3 Å². The van der Waals surface area contributed by atoms with Gasteiger partial charge in [-0.3, -0.25) is 9.69 Å². The molecule has 27 heavy (non-hydrogen) atoms. The van der Waals surface area contributed by atoms with Crippen molar-refractivity contribution in [2.45, 2.75) is 42.4 Å². The van der Waals surface area contributed by atoms with Crippen molar-refractivity contribution in [3.63, 3.8) is 0 Å². The number of hydrogen-bond acceptors (Lipinski definition) is 3. The van der Waals surface area contributed by atoms with E-state index in [1.807, 2.05) is 0 Å². The van der Waals surface area contributed by atoms with Gasteiger partial charge in [0.25, 0.3) is 0 Å². The summed E-state index contributed by atoms with van der Waals surface area (Å²) in [5, 5.41) is 3.27. The third-order valence-electron chi connectivity index (χ3n) is 5.85. The van der Waals surface area contributed by atoms with Crippen LogP contribution in [0.4, 0.5) is 0 Å². The molecule has 1 saturated heterocycles. The molecule has 4 heteroatoms. The van der Waals surface area contributed by atoms with E-state index < -0.39 is 0 Å². The first-order valence-corrected chi connectivity index (χ1v) is 10.9. The van der Waals surface area contributed by atoms with Crippen molar-refractivity contribution in [2.75, 3.05) is 19.6 Å². The average Bonchev–Trinajstić information content (AvgIpc) is 3.14. The summed E-state index contributed by atoms with van der Waals surface area (Å²) < 4.78 is 0. The smallest absolute Gasteiger partial charge is 0.233 e. The molecule has 2 aliphatic heterocycles. The lowest BCUT2D eigenvalue weighted by molar-refractivity contribution is -0.120. The molecule has 0 spiro atoms. The van der Waals surface area contributed by atoms with Gasteiger partial charge in [0.15, 0.2) is 0 Å². The van der Waals surface area contributed by atoms with Crippen LogP contribution in [0.5, 0.6) is 0 Å². The average molecular weight is 381 g/mol. The van der Waals surface area contributed by atoms with Gasteiger partial charge in [-0.2, -0.15) is 0 Å². The Kier molecular flexibility index (Phi) is 5.84.